The number of hydrogen-bond donors (Lipinski definition) is 3. The van der Waals surface area contributed by atoms with E-state index < -0.39 is 11.2 Å². The summed E-state index contributed by atoms with van der Waals surface area (Å²) < 4.78 is 12.2. The number of nitrogens with zero attached hydrogens (tertiary/aromatic N) is 3. The Bertz CT molecular complexity index is 1270. The predicted molar refractivity (Wildman–Crippen MR) is 119 cm³/mol. The number of phenolic OH excluding ortho intramolecular Hbond substituents is 1. The fourth-order valence-electron chi connectivity index (χ4n) is 2.92. The highest BCUT2D eigenvalue weighted by atomic mass is 32.2. The van der Waals surface area contributed by atoms with Gasteiger partial charge >= 0.3 is 0 Å². The summed E-state index contributed by atoms with van der Waals surface area (Å²) in [6, 6.07) is 15.6. The maximum absolute atomic E-state index is 11.7. The molecule has 4 aromatic rings. The van der Waals surface area contributed by atoms with Crippen molar-refractivity contribution in [1.82, 2.24) is 14.9 Å². The Kier molecular flexibility index (Phi) is 6.31. The second-order valence-corrected chi connectivity index (χ2v) is 7.70. The van der Waals surface area contributed by atoms with Crippen LogP contribution in [0, 0.1) is 0 Å². The molecular formula is C22H20N4O5S. The van der Waals surface area contributed by atoms with E-state index in [2.05, 4.69) is 15.6 Å². The maximum Gasteiger partial charge on any atom is 0.226 e. The van der Waals surface area contributed by atoms with Gasteiger partial charge in [0.15, 0.2) is 11.6 Å². The lowest BCUT2D eigenvalue weighted by molar-refractivity contribution is 0.415. The Balaban J connectivity index is 1.61. The Labute approximate surface area is 187 Å². The monoisotopic (exact) mass is 452 g/mol. The van der Waals surface area contributed by atoms with Crippen molar-refractivity contribution in [2.45, 2.75) is 17.5 Å². The van der Waals surface area contributed by atoms with Gasteiger partial charge in [-0.2, -0.15) is 0 Å². The van der Waals surface area contributed by atoms with Crippen LogP contribution < -0.4 is 15.6 Å². The molecule has 0 saturated heterocycles. The molecule has 0 saturated carbocycles. The summed E-state index contributed by atoms with van der Waals surface area (Å²) >= 11 is 1.31. The molecule has 164 valence electrons. The average molecular weight is 452 g/mol. The highest BCUT2D eigenvalue weighted by Crippen LogP contribution is 2.27. The van der Waals surface area contributed by atoms with Crippen molar-refractivity contribution in [1.29, 1.82) is 0 Å². The predicted octanol–water partition coefficient (Wildman–Crippen LogP) is 3.35. The van der Waals surface area contributed by atoms with Crippen LogP contribution in [0.1, 0.15) is 11.3 Å². The quantitative estimate of drug-likeness (QED) is 0.345. The molecule has 0 spiro atoms. The molecule has 9 nitrogen and oxygen atoms in total. The lowest BCUT2D eigenvalue weighted by atomic mass is 10.2. The minimum atomic E-state index is -0.505. The van der Waals surface area contributed by atoms with E-state index in [4.69, 9.17) is 9.15 Å². The summed E-state index contributed by atoms with van der Waals surface area (Å²) in [6.07, 6.45) is 1.02. The minimum Gasteiger partial charge on any atom is -0.508 e. The number of rotatable bonds is 8. The Morgan fingerprint density at radius 1 is 1.12 bits per heavy atom. The van der Waals surface area contributed by atoms with Gasteiger partial charge in [0.05, 0.1) is 19.4 Å². The van der Waals surface area contributed by atoms with Crippen molar-refractivity contribution in [3.63, 3.8) is 0 Å². The summed E-state index contributed by atoms with van der Waals surface area (Å²) in [6.45, 7) is 0.414. The molecular weight excluding hydrogens is 432 g/mol. The fourth-order valence-corrected chi connectivity index (χ4v) is 3.73. The average Bonchev–Trinajstić information content (AvgIpc) is 3.21. The van der Waals surface area contributed by atoms with Crippen LogP contribution in [0.5, 0.6) is 17.2 Å². The summed E-state index contributed by atoms with van der Waals surface area (Å²) in [5, 5.41) is 28.2. The van der Waals surface area contributed by atoms with Crippen LogP contribution in [0.4, 0.5) is 0 Å². The van der Waals surface area contributed by atoms with Crippen LogP contribution in [0.25, 0.3) is 11.4 Å². The van der Waals surface area contributed by atoms with Crippen LogP contribution in [0.2, 0.25) is 0 Å². The highest BCUT2D eigenvalue weighted by Gasteiger charge is 2.16. The standard InChI is InChI=1S/C22H20N4O5S/c1-30-17-7-5-15(6-8-17)21-24-25-22(32-13-18-10-19(28)20(29)12-31-18)26(21)23-11-14-3-2-4-16(27)9-14/h2-10,12,23,27,29H,11,13H2,1H3. The van der Waals surface area contributed by atoms with Gasteiger partial charge in [-0.3, -0.25) is 4.79 Å². The Hall–Kier alpha value is -3.92. The molecule has 0 unspecified atom stereocenters. The molecule has 0 bridgehead atoms. The van der Waals surface area contributed by atoms with Gasteiger partial charge in [-0.05, 0) is 42.0 Å². The first-order chi connectivity index (χ1) is 15.5. The normalized spacial score (nSPS) is 10.8. The summed E-state index contributed by atoms with van der Waals surface area (Å²) in [5.74, 6) is 1.76. The number of aromatic hydroxyl groups is 2. The number of phenols is 1. The van der Waals surface area contributed by atoms with Crippen molar-refractivity contribution in [3.8, 4) is 28.6 Å². The number of ether oxygens (including phenoxy) is 1. The first kappa shape index (κ1) is 21.3. The fraction of sp³-hybridized carbons (Fsp3) is 0.136. The van der Waals surface area contributed by atoms with Crippen LogP contribution >= 0.6 is 11.8 Å². The molecule has 0 aliphatic carbocycles. The molecule has 2 aromatic carbocycles. The van der Waals surface area contributed by atoms with Crippen molar-refractivity contribution < 1.29 is 19.4 Å². The van der Waals surface area contributed by atoms with Gasteiger partial charge in [0.1, 0.15) is 23.5 Å². The molecule has 3 N–H and O–H groups in total. The SMILES string of the molecule is COc1ccc(-c2nnc(SCc3cc(=O)c(O)co3)n2NCc2cccc(O)c2)cc1. The van der Waals surface area contributed by atoms with Gasteiger partial charge < -0.3 is 24.8 Å². The van der Waals surface area contributed by atoms with Crippen LogP contribution in [-0.2, 0) is 12.3 Å². The molecule has 0 aliphatic rings. The van der Waals surface area contributed by atoms with Gasteiger partial charge in [0, 0.05) is 11.6 Å². The maximum atomic E-state index is 11.7. The summed E-state index contributed by atoms with van der Waals surface area (Å²) in [4.78, 5) is 11.7. The van der Waals surface area contributed by atoms with E-state index in [-0.39, 0.29) is 5.75 Å². The van der Waals surface area contributed by atoms with Gasteiger partial charge in [-0.15, -0.1) is 10.2 Å². The first-order valence-electron chi connectivity index (χ1n) is 9.58. The number of methoxy groups -OCH3 is 1. The second-order valence-electron chi connectivity index (χ2n) is 6.76. The van der Waals surface area contributed by atoms with E-state index in [1.807, 2.05) is 30.3 Å². The zero-order valence-electron chi connectivity index (χ0n) is 17.1. The van der Waals surface area contributed by atoms with E-state index in [0.717, 1.165) is 23.1 Å². The smallest absolute Gasteiger partial charge is 0.226 e. The third kappa shape index (κ3) is 4.86. The van der Waals surface area contributed by atoms with Crippen molar-refractivity contribution in [2.24, 2.45) is 0 Å². The van der Waals surface area contributed by atoms with Gasteiger partial charge in [0.2, 0.25) is 10.6 Å². The third-order valence-electron chi connectivity index (χ3n) is 4.54. The molecule has 2 heterocycles. The topological polar surface area (TPSA) is 123 Å². The lowest BCUT2D eigenvalue weighted by Crippen LogP contribution is -2.17. The van der Waals surface area contributed by atoms with Gasteiger partial charge in [-0.1, -0.05) is 23.9 Å². The van der Waals surface area contributed by atoms with Crippen molar-refractivity contribution >= 4 is 11.8 Å². The number of nitrogens with one attached hydrogen (secondary N) is 1. The van der Waals surface area contributed by atoms with E-state index >= 15 is 0 Å². The van der Waals surface area contributed by atoms with Gasteiger partial charge in [0.25, 0.3) is 0 Å². The summed E-state index contributed by atoms with van der Waals surface area (Å²) in [7, 11) is 1.60. The van der Waals surface area contributed by atoms with E-state index in [1.165, 1.54) is 17.8 Å². The van der Waals surface area contributed by atoms with Gasteiger partial charge in [-0.25, -0.2) is 4.68 Å². The van der Waals surface area contributed by atoms with E-state index in [0.29, 0.717) is 29.0 Å². The molecule has 4 rings (SSSR count). The van der Waals surface area contributed by atoms with Crippen LogP contribution in [-0.4, -0.2) is 32.2 Å². The molecule has 32 heavy (non-hydrogen) atoms. The molecule has 0 amide bonds. The molecule has 2 aromatic heterocycles. The number of hydrogen-bond acceptors (Lipinski definition) is 9. The van der Waals surface area contributed by atoms with Crippen molar-refractivity contribution in [3.05, 3.63) is 82.4 Å². The Morgan fingerprint density at radius 3 is 2.66 bits per heavy atom. The third-order valence-corrected chi connectivity index (χ3v) is 5.49. The zero-order valence-corrected chi connectivity index (χ0v) is 17.9. The molecule has 0 radical (unpaired) electrons. The van der Waals surface area contributed by atoms with E-state index in [1.54, 1.807) is 30.0 Å². The van der Waals surface area contributed by atoms with Crippen LogP contribution in [0.15, 0.2) is 75.2 Å². The van der Waals surface area contributed by atoms with E-state index in [9.17, 15) is 15.0 Å². The summed E-state index contributed by atoms with van der Waals surface area (Å²) in [5.41, 5.74) is 4.48. The molecule has 0 fully saturated rings. The zero-order chi connectivity index (χ0) is 22.5. The number of aromatic nitrogens is 3. The molecule has 10 heteroatoms. The highest BCUT2D eigenvalue weighted by molar-refractivity contribution is 7.98. The molecule has 0 aliphatic heterocycles. The number of thioether (sulfide) groups is 1. The Morgan fingerprint density at radius 2 is 1.94 bits per heavy atom. The largest absolute Gasteiger partial charge is 0.508 e. The minimum absolute atomic E-state index is 0.181. The van der Waals surface area contributed by atoms with Crippen molar-refractivity contribution in [2.75, 3.05) is 12.5 Å². The van der Waals surface area contributed by atoms with Crippen LogP contribution in [0.3, 0.4) is 0 Å². The second kappa shape index (κ2) is 9.48. The molecule has 0 atom stereocenters. The lowest BCUT2D eigenvalue weighted by Gasteiger charge is -2.13. The number of benzene rings is 2. The first-order valence-corrected chi connectivity index (χ1v) is 10.6.